The minimum absolute atomic E-state index is 0.0211. The first-order valence-electron chi connectivity index (χ1n) is 10.8. The summed E-state index contributed by atoms with van der Waals surface area (Å²) >= 11 is 1.64. The lowest BCUT2D eigenvalue weighted by Gasteiger charge is -2.31. The first kappa shape index (κ1) is 22.7. The first-order valence-corrected chi connectivity index (χ1v) is 11.7. The molecule has 0 bridgehead atoms. The second-order valence-electron chi connectivity index (χ2n) is 8.68. The van der Waals surface area contributed by atoms with E-state index in [1.165, 1.54) is 31.4 Å². The van der Waals surface area contributed by atoms with Gasteiger partial charge in [-0.15, -0.1) is 11.3 Å². The summed E-state index contributed by atoms with van der Waals surface area (Å²) in [7, 11) is 3.87. The highest BCUT2D eigenvalue weighted by atomic mass is 32.1. The molecular weight excluding hydrogens is 399 g/mol. The van der Waals surface area contributed by atoms with Crippen LogP contribution in [0.15, 0.2) is 29.6 Å². The van der Waals surface area contributed by atoms with E-state index in [0.29, 0.717) is 18.2 Å². The van der Waals surface area contributed by atoms with Gasteiger partial charge in [-0.3, -0.25) is 9.69 Å². The molecule has 0 aliphatic carbocycles. The van der Waals surface area contributed by atoms with Crippen molar-refractivity contribution >= 4 is 28.1 Å². The number of carbonyl (C=O) groups excluding carboxylic acids is 1. The summed E-state index contributed by atoms with van der Waals surface area (Å²) < 4.78 is 13.5. The molecule has 0 radical (unpaired) electrons. The zero-order valence-electron chi connectivity index (χ0n) is 18.5. The van der Waals surface area contributed by atoms with Gasteiger partial charge < -0.3 is 9.80 Å². The number of thiazole rings is 1. The van der Waals surface area contributed by atoms with E-state index in [2.05, 4.69) is 18.7 Å². The zero-order valence-corrected chi connectivity index (χ0v) is 19.3. The van der Waals surface area contributed by atoms with Gasteiger partial charge in [-0.25, -0.2) is 9.37 Å². The van der Waals surface area contributed by atoms with Gasteiger partial charge in [0, 0.05) is 24.2 Å². The van der Waals surface area contributed by atoms with Crippen LogP contribution in [-0.4, -0.2) is 49.0 Å². The number of rotatable bonds is 8. The first-order chi connectivity index (χ1) is 14.3. The van der Waals surface area contributed by atoms with E-state index in [1.54, 1.807) is 28.4 Å². The maximum Gasteiger partial charge on any atom is 0.244 e. The summed E-state index contributed by atoms with van der Waals surface area (Å²) in [6, 6.07) is 5.92. The SMILES string of the molecule is CC(C)CC(C(=O)N(Cc1csc(N2CCCCC2)n1)c1ccc(F)cc1)N(C)C. The van der Waals surface area contributed by atoms with Gasteiger partial charge in [0.1, 0.15) is 5.82 Å². The van der Waals surface area contributed by atoms with Crippen molar-refractivity contribution in [1.29, 1.82) is 0 Å². The molecule has 164 valence electrons. The number of halogens is 1. The molecule has 1 saturated heterocycles. The standard InChI is InChI=1S/C23H33FN4OS/c1-17(2)14-21(26(3)4)22(29)28(20-10-8-18(24)9-11-20)15-19-16-30-23(25-19)27-12-6-5-7-13-27/h8-11,16-17,21H,5-7,12-15H2,1-4H3. The van der Waals surface area contributed by atoms with Crippen molar-refractivity contribution in [3.8, 4) is 0 Å². The van der Waals surface area contributed by atoms with Gasteiger partial charge in [0.15, 0.2) is 5.13 Å². The molecule has 1 atom stereocenters. The molecule has 0 spiro atoms. The quantitative estimate of drug-likeness (QED) is 0.602. The van der Waals surface area contributed by atoms with Gasteiger partial charge in [-0.05, 0) is 70.0 Å². The fourth-order valence-electron chi connectivity index (χ4n) is 3.84. The molecule has 1 fully saturated rings. The fraction of sp³-hybridized carbons (Fsp3) is 0.565. The van der Waals surface area contributed by atoms with Gasteiger partial charge in [0.05, 0.1) is 18.3 Å². The third kappa shape index (κ3) is 5.79. The minimum atomic E-state index is -0.307. The Labute approximate surface area is 183 Å². The number of hydrogen-bond donors (Lipinski definition) is 0. The maximum atomic E-state index is 13.6. The summed E-state index contributed by atoms with van der Waals surface area (Å²) in [5, 5.41) is 3.07. The number of anilines is 2. The molecule has 30 heavy (non-hydrogen) atoms. The molecule has 1 unspecified atom stereocenters. The number of carbonyl (C=O) groups is 1. The van der Waals surface area contributed by atoms with Gasteiger partial charge in [-0.1, -0.05) is 13.8 Å². The molecule has 5 nitrogen and oxygen atoms in total. The summed E-state index contributed by atoms with van der Waals surface area (Å²) in [4.78, 5) is 24.5. The lowest BCUT2D eigenvalue weighted by Crippen LogP contribution is -2.46. The van der Waals surface area contributed by atoms with E-state index in [9.17, 15) is 9.18 Å². The molecule has 2 aromatic rings. The normalized spacial score (nSPS) is 15.6. The molecule has 7 heteroatoms. The second kappa shape index (κ2) is 10.4. The summed E-state index contributed by atoms with van der Waals surface area (Å²) in [5.41, 5.74) is 1.57. The van der Waals surface area contributed by atoms with Crippen molar-refractivity contribution < 1.29 is 9.18 Å². The molecule has 2 heterocycles. The van der Waals surface area contributed by atoms with Crippen molar-refractivity contribution in [2.45, 2.75) is 52.1 Å². The Hall–Kier alpha value is -1.99. The minimum Gasteiger partial charge on any atom is -0.348 e. The van der Waals surface area contributed by atoms with Crippen LogP contribution >= 0.6 is 11.3 Å². The van der Waals surface area contributed by atoms with Crippen molar-refractivity contribution in [1.82, 2.24) is 9.88 Å². The Morgan fingerprint density at radius 1 is 1.17 bits per heavy atom. The number of likely N-dealkylation sites (N-methyl/N-ethyl adjacent to an activating group) is 1. The topological polar surface area (TPSA) is 39.7 Å². The highest BCUT2D eigenvalue weighted by Crippen LogP contribution is 2.27. The lowest BCUT2D eigenvalue weighted by atomic mass is 10.0. The molecule has 0 N–H and O–H groups in total. The Morgan fingerprint density at radius 3 is 2.43 bits per heavy atom. The molecule has 1 aromatic carbocycles. The van der Waals surface area contributed by atoms with Crippen molar-refractivity contribution in [3.63, 3.8) is 0 Å². The third-order valence-electron chi connectivity index (χ3n) is 5.49. The molecule has 1 amide bonds. The van der Waals surface area contributed by atoms with Crippen molar-refractivity contribution in [2.75, 3.05) is 37.0 Å². The van der Waals surface area contributed by atoms with Crippen LogP contribution in [-0.2, 0) is 11.3 Å². The van der Waals surface area contributed by atoms with E-state index in [-0.39, 0.29) is 17.8 Å². The van der Waals surface area contributed by atoms with Crippen LogP contribution in [0.2, 0.25) is 0 Å². The summed E-state index contributed by atoms with van der Waals surface area (Å²) in [6.07, 6.45) is 4.45. The number of piperidine rings is 1. The molecule has 1 aliphatic heterocycles. The predicted octanol–water partition coefficient (Wildman–Crippen LogP) is 4.78. The van der Waals surface area contributed by atoms with Gasteiger partial charge in [0.2, 0.25) is 5.91 Å². The molecule has 1 aliphatic rings. The Balaban J connectivity index is 1.85. The monoisotopic (exact) mass is 432 g/mol. The van der Waals surface area contributed by atoms with Gasteiger partial charge in [0.25, 0.3) is 0 Å². The Kier molecular flexibility index (Phi) is 7.83. The van der Waals surface area contributed by atoms with Crippen LogP contribution in [0.3, 0.4) is 0 Å². The van der Waals surface area contributed by atoms with E-state index >= 15 is 0 Å². The van der Waals surface area contributed by atoms with E-state index in [0.717, 1.165) is 30.3 Å². The van der Waals surface area contributed by atoms with Gasteiger partial charge in [-0.2, -0.15) is 0 Å². The number of amides is 1. The summed E-state index contributed by atoms with van der Waals surface area (Å²) in [6.45, 7) is 6.72. The van der Waals surface area contributed by atoms with Crippen LogP contribution in [0.4, 0.5) is 15.2 Å². The predicted molar refractivity (Wildman–Crippen MR) is 123 cm³/mol. The van der Waals surface area contributed by atoms with Crippen LogP contribution in [0.25, 0.3) is 0 Å². The number of hydrogen-bond acceptors (Lipinski definition) is 5. The van der Waals surface area contributed by atoms with Crippen LogP contribution in [0.1, 0.15) is 45.2 Å². The second-order valence-corrected chi connectivity index (χ2v) is 9.52. The molecule has 3 rings (SSSR count). The average molecular weight is 433 g/mol. The molecular formula is C23H33FN4OS. The largest absolute Gasteiger partial charge is 0.348 e. The van der Waals surface area contributed by atoms with E-state index in [1.807, 2.05) is 24.4 Å². The lowest BCUT2D eigenvalue weighted by molar-refractivity contribution is -0.123. The molecule has 0 saturated carbocycles. The smallest absolute Gasteiger partial charge is 0.244 e. The van der Waals surface area contributed by atoms with Crippen molar-refractivity contribution in [3.05, 3.63) is 41.2 Å². The summed E-state index contributed by atoms with van der Waals surface area (Å²) in [5.74, 6) is 0.104. The molecule has 1 aromatic heterocycles. The van der Waals surface area contributed by atoms with Crippen molar-refractivity contribution in [2.24, 2.45) is 5.92 Å². The van der Waals surface area contributed by atoms with E-state index in [4.69, 9.17) is 4.98 Å². The number of aromatic nitrogens is 1. The Morgan fingerprint density at radius 2 is 1.83 bits per heavy atom. The van der Waals surface area contributed by atoms with Crippen LogP contribution < -0.4 is 9.80 Å². The Bertz CT molecular complexity index is 815. The number of benzene rings is 1. The maximum absolute atomic E-state index is 13.6. The van der Waals surface area contributed by atoms with E-state index < -0.39 is 0 Å². The zero-order chi connectivity index (χ0) is 21.7. The highest BCUT2D eigenvalue weighted by molar-refractivity contribution is 7.13. The highest BCUT2D eigenvalue weighted by Gasteiger charge is 2.29. The van der Waals surface area contributed by atoms with Crippen LogP contribution in [0.5, 0.6) is 0 Å². The number of nitrogens with zero attached hydrogens (tertiary/aromatic N) is 4. The average Bonchev–Trinajstić information content (AvgIpc) is 3.20. The third-order valence-corrected chi connectivity index (χ3v) is 6.44. The van der Waals surface area contributed by atoms with Gasteiger partial charge >= 0.3 is 0 Å². The van der Waals surface area contributed by atoms with Crippen LogP contribution in [0, 0.1) is 11.7 Å². The fourth-order valence-corrected chi connectivity index (χ4v) is 4.71.